The predicted molar refractivity (Wildman–Crippen MR) is 150 cm³/mol. The number of amides is 3. The highest BCUT2D eigenvalue weighted by atomic mass is 35.5. The Labute approximate surface area is 230 Å². The molecular formula is C26H41Cl2N5O4. The summed E-state index contributed by atoms with van der Waals surface area (Å²) in [6.45, 7) is 16.4. The number of aromatic nitrogens is 2. The molecule has 1 saturated heterocycles. The maximum Gasteiger partial charge on any atom is 0.410 e. The summed E-state index contributed by atoms with van der Waals surface area (Å²) in [5.41, 5.74) is 0.955. The van der Waals surface area contributed by atoms with Crippen LogP contribution in [0.2, 0.25) is 10.0 Å². The molecule has 0 spiro atoms. The fourth-order valence-corrected chi connectivity index (χ4v) is 3.40. The summed E-state index contributed by atoms with van der Waals surface area (Å²) in [4.78, 5) is 36.4. The van der Waals surface area contributed by atoms with Crippen molar-refractivity contribution >= 4 is 47.3 Å². The van der Waals surface area contributed by atoms with Gasteiger partial charge in [-0.2, -0.15) is 5.10 Å². The van der Waals surface area contributed by atoms with Crippen molar-refractivity contribution in [1.82, 2.24) is 20.4 Å². The number of nitrogens with one attached hydrogen (secondary N) is 3. The first kappa shape index (κ1) is 34.2. The van der Waals surface area contributed by atoms with E-state index < -0.39 is 5.60 Å². The van der Waals surface area contributed by atoms with Gasteiger partial charge >= 0.3 is 6.09 Å². The van der Waals surface area contributed by atoms with Crippen LogP contribution in [0.25, 0.3) is 0 Å². The molecule has 3 amide bonds. The van der Waals surface area contributed by atoms with Crippen LogP contribution in [-0.2, 0) is 9.53 Å². The van der Waals surface area contributed by atoms with Crippen LogP contribution >= 0.6 is 23.2 Å². The third kappa shape index (κ3) is 12.3. The molecule has 3 rings (SSSR count). The molecule has 0 bridgehead atoms. The van der Waals surface area contributed by atoms with Gasteiger partial charge in [0.05, 0.1) is 11.9 Å². The Morgan fingerprint density at radius 3 is 2.11 bits per heavy atom. The number of hydrogen-bond acceptors (Lipinski definition) is 5. The second-order valence-corrected chi connectivity index (χ2v) is 9.30. The minimum Gasteiger partial charge on any atom is -0.444 e. The monoisotopic (exact) mass is 557 g/mol. The van der Waals surface area contributed by atoms with E-state index in [0.29, 0.717) is 38.0 Å². The lowest BCUT2D eigenvalue weighted by Gasteiger charge is -2.33. The van der Waals surface area contributed by atoms with E-state index in [4.69, 9.17) is 27.9 Å². The third-order valence-corrected chi connectivity index (χ3v) is 5.58. The van der Waals surface area contributed by atoms with Gasteiger partial charge in [-0.25, -0.2) is 4.79 Å². The molecule has 11 heteroatoms. The number of anilines is 1. The van der Waals surface area contributed by atoms with E-state index in [1.165, 1.54) is 6.20 Å². The van der Waals surface area contributed by atoms with Gasteiger partial charge in [0.25, 0.3) is 5.91 Å². The summed E-state index contributed by atoms with van der Waals surface area (Å²) in [6.07, 6.45) is 2.79. The molecule has 1 aliphatic rings. The maximum absolute atomic E-state index is 12.2. The largest absolute Gasteiger partial charge is 0.444 e. The van der Waals surface area contributed by atoms with E-state index >= 15 is 0 Å². The number of rotatable bonds is 4. The summed E-state index contributed by atoms with van der Waals surface area (Å²) in [5, 5.41) is 13.1. The Bertz CT molecular complexity index is 948. The van der Waals surface area contributed by atoms with Crippen LogP contribution in [0.3, 0.4) is 0 Å². The number of H-pyrrole nitrogens is 1. The van der Waals surface area contributed by atoms with Gasteiger partial charge in [-0.05, 0) is 58.2 Å². The van der Waals surface area contributed by atoms with E-state index in [1.807, 2.05) is 73.6 Å². The molecule has 1 aromatic carbocycles. The van der Waals surface area contributed by atoms with Crippen molar-refractivity contribution in [2.45, 2.75) is 79.9 Å². The van der Waals surface area contributed by atoms with Gasteiger partial charge in [-0.15, -0.1) is 0 Å². The number of carbonyl (C=O) groups excluding carboxylic acids is 3. The van der Waals surface area contributed by atoms with Gasteiger partial charge in [0.1, 0.15) is 11.3 Å². The van der Waals surface area contributed by atoms with E-state index in [9.17, 15) is 14.4 Å². The molecule has 0 unspecified atom stereocenters. The lowest BCUT2D eigenvalue weighted by atomic mass is 10.1. The first-order valence-electron chi connectivity index (χ1n) is 12.4. The van der Waals surface area contributed by atoms with Crippen molar-refractivity contribution < 1.29 is 19.1 Å². The molecule has 0 aliphatic carbocycles. The minimum absolute atomic E-state index is 0.0523. The van der Waals surface area contributed by atoms with E-state index in [-0.39, 0.29) is 23.7 Å². The van der Waals surface area contributed by atoms with Crippen molar-refractivity contribution in [2.24, 2.45) is 0 Å². The second-order valence-electron chi connectivity index (χ2n) is 8.48. The Balaban J connectivity index is 0.000000829. The molecule has 9 nitrogen and oxygen atoms in total. The van der Waals surface area contributed by atoms with Crippen molar-refractivity contribution in [3.63, 3.8) is 0 Å². The van der Waals surface area contributed by atoms with Gasteiger partial charge in [0, 0.05) is 29.2 Å². The molecule has 208 valence electrons. The summed E-state index contributed by atoms with van der Waals surface area (Å²) in [5.74, 6) is -0.340. The van der Waals surface area contributed by atoms with Crippen LogP contribution in [0.15, 0.2) is 24.4 Å². The Kier molecular flexibility index (Phi) is 16.3. The molecule has 1 aliphatic heterocycles. The van der Waals surface area contributed by atoms with Crippen LogP contribution in [-0.4, -0.2) is 58.2 Å². The van der Waals surface area contributed by atoms with Crippen molar-refractivity contribution in [2.75, 3.05) is 18.4 Å². The number of aromatic amines is 1. The topological polar surface area (TPSA) is 116 Å². The zero-order valence-corrected chi connectivity index (χ0v) is 24.6. The van der Waals surface area contributed by atoms with E-state index in [2.05, 4.69) is 20.8 Å². The summed E-state index contributed by atoms with van der Waals surface area (Å²) in [7, 11) is 0. The van der Waals surface area contributed by atoms with Crippen LogP contribution in [0.1, 0.15) is 77.4 Å². The van der Waals surface area contributed by atoms with Crippen molar-refractivity contribution in [1.29, 1.82) is 0 Å². The van der Waals surface area contributed by atoms with Gasteiger partial charge in [0.15, 0.2) is 0 Å². The smallest absolute Gasteiger partial charge is 0.410 e. The fraction of sp³-hybridized carbons (Fsp3) is 0.538. The average Bonchev–Trinajstić information content (AvgIpc) is 3.33. The molecule has 1 aromatic heterocycles. The normalized spacial score (nSPS) is 12.9. The number of ether oxygens (including phenoxy) is 1. The van der Waals surface area contributed by atoms with Gasteiger partial charge in [-0.1, -0.05) is 57.0 Å². The van der Waals surface area contributed by atoms with Crippen LogP contribution in [0.4, 0.5) is 10.5 Å². The number of hydrogen-bond donors (Lipinski definition) is 3. The van der Waals surface area contributed by atoms with Crippen molar-refractivity contribution in [3.8, 4) is 0 Å². The summed E-state index contributed by atoms with van der Waals surface area (Å²) >= 11 is 11.5. The Morgan fingerprint density at radius 1 is 1.11 bits per heavy atom. The molecule has 0 saturated carbocycles. The molecule has 1 fully saturated rings. The minimum atomic E-state index is -0.523. The van der Waals surface area contributed by atoms with Crippen LogP contribution in [0, 0.1) is 6.92 Å². The quantitative estimate of drug-likeness (QED) is 0.373. The molecule has 37 heavy (non-hydrogen) atoms. The van der Waals surface area contributed by atoms with Gasteiger partial charge in [-0.3, -0.25) is 14.7 Å². The number of likely N-dealkylation sites (tertiary alicyclic amines) is 1. The third-order valence-electron chi connectivity index (χ3n) is 4.76. The van der Waals surface area contributed by atoms with E-state index in [1.54, 1.807) is 4.90 Å². The first-order valence-corrected chi connectivity index (χ1v) is 13.2. The van der Waals surface area contributed by atoms with Crippen LogP contribution < -0.4 is 10.6 Å². The van der Waals surface area contributed by atoms with E-state index in [0.717, 1.165) is 15.6 Å². The standard InChI is InChI=1S/C15H23N5O4.C7H6Cl2.2C2H6/c1-15(2,3)24-14(23)20-6-4-10(5-7-20)18-13(22)12-11(16-9-21)8-17-19-12;1-5-6(8)3-2-4-7(5)9;2*1-2/h8-10H,4-7H2,1-3H3,(H,16,21)(H,17,19)(H,18,22);2-4H,1H3;2*1-2H3. The summed E-state index contributed by atoms with van der Waals surface area (Å²) in [6, 6.07) is 5.42. The fourth-order valence-electron chi connectivity index (χ4n) is 3.00. The summed E-state index contributed by atoms with van der Waals surface area (Å²) < 4.78 is 5.34. The number of carbonyl (C=O) groups is 3. The van der Waals surface area contributed by atoms with Gasteiger partial charge < -0.3 is 20.3 Å². The number of piperidine rings is 1. The average molecular weight is 559 g/mol. The Hall–Kier alpha value is -2.78. The first-order chi connectivity index (χ1) is 17.5. The zero-order chi connectivity index (χ0) is 28.6. The van der Waals surface area contributed by atoms with Crippen LogP contribution in [0.5, 0.6) is 0 Å². The van der Waals surface area contributed by atoms with Gasteiger partial charge in [0.2, 0.25) is 6.41 Å². The highest BCUT2D eigenvalue weighted by molar-refractivity contribution is 6.35. The maximum atomic E-state index is 12.2. The number of halogens is 2. The molecule has 2 heterocycles. The molecule has 0 radical (unpaired) electrons. The lowest BCUT2D eigenvalue weighted by Crippen LogP contribution is -2.47. The predicted octanol–water partition coefficient (Wildman–Crippen LogP) is 6.46. The lowest BCUT2D eigenvalue weighted by molar-refractivity contribution is -0.105. The highest BCUT2D eigenvalue weighted by Crippen LogP contribution is 2.22. The molecular weight excluding hydrogens is 517 g/mol. The number of nitrogens with zero attached hydrogens (tertiary/aromatic N) is 2. The molecule has 3 N–H and O–H groups in total. The Morgan fingerprint density at radius 2 is 1.65 bits per heavy atom. The molecule has 2 aromatic rings. The zero-order valence-electron chi connectivity index (χ0n) is 23.1. The molecule has 0 atom stereocenters. The van der Waals surface area contributed by atoms with Crippen molar-refractivity contribution in [3.05, 3.63) is 45.7 Å². The highest BCUT2D eigenvalue weighted by Gasteiger charge is 2.28. The second kappa shape index (κ2) is 17.6. The number of benzene rings is 1. The SMILES string of the molecule is CC.CC.CC(C)(C)OC(=O)N1CCC(NC(=O)c2[nH]ncc2NC=O)CC1.Cc1c(Cl)cccc1Cl.